The number of benzene rings is 3. The van der Waals surface area contributed by atoms with Gasteiger partial charge < -0.3 is 10.1 Å². The second-order valence-corrected chi connectivity index (χ2v) is 9.21. The second-order valence-electron chi connectivity index (χ2n) is 7.35. The van der Waals surface area contributed by atoms with Crippen molar-refractivity contribution in [1.29, 1.82) is 0 Å². The van der Waals surface area contributed by atoms with Gasteiger partial charge in [-0.2, -0.15) is 0 Å². The van der Waals surface area contributed by atoms with Gasteiger partial charge in [0.05, 0.1) is 16.7 Å². The number of ether oxygens (including phenoxy) is 1. The Labute approximate surface area is 189 Å². The maximum Gasteiger partial charge on any atom is 0.264 e. The van der Waals surface area contributed by atoms with Gasteiger partial charge in [0, 0.05) is 17.8 Å². The van der Waals surface area contributed by atoms with Gasteiger partial charge >= 0.3 is 0 Å². The van der Waals surface area contributed by atoms with Crippen molar-refractivity contribution in [3.05, 3.63) is 84.4 Å². The number of carbonyl (C=O) groups is 1. The highest BCUT2D eigenvalue weighted by atomic mass is 32.2. The monoisotopic (exact) mass is 452 g/mol. The molecule has 168 valence electrons. The van der Waals surface area contributed by atoms with Crippen LogP contribution in [0, 0.1) is 0 Å². The van der Waals surface area contributed by atoms with E-state index in [0.717, 1.165) is 6.42 Å². The van der Waals surface area contributed by atoms with Gasteiger partial charge in [-0.1, -0.05) is 31.2 Å². The van der Waals surface area contributed by atoms with Crippen LogP contribution in [0.5, 0.6) is 5.75 Å². The van der Waals surface area contributed by atoms with Crippen LogP contribution in [0.2, 0.25) is 0 Å². The Balaban J connectivity index is 1.74. The number of amides is 1. The summed E-state index contributed by atoms with van der Waals surface area (Å²) in [6.07, 6.45) is 0.923. The highest BCUT2D eigenvalue weighted by molar-refractivity contribution is 7.92. The van der Waals surface area contributed by atoms with Gasteiger partial charge in [0.25, 0.3) is 15.9 Å². The first-order chi connectivity index (χ1) is 15.3. The number of rotatable bonds is 9. The molecule has 0 aromatic heterocycles. The quantitative estimate of drug-likeness (QED) is 0.476. The van der Waals surface area contributed by atoms with Crippen LogP contribution in [0.1, 0.15) is 37.6 Å². The minimum Gasteiger partial charge on any atom is -0.491 e. The van der Waals surface area contributed by atoms with Crippen LogP contribution in [0.25, 0.3) is 0 Å². The first-order valence-corrected chi connectivity index (χ1v) is 12.0. The van der Waals surface area contributed by atoms with Crippen LogP contribution in [-0.2, 0) is 10.0 Å². The molecule has 0 aliphatic rings. The summed E-state index contributed by atoms with van der Waals surface area (Å²) >= 11 is 0. The maximum absolute atomic E-state index is 13.1. The highest BCUT2D eigenvalue weighted by Gasteiger charge is 2.23. The van der Waals surface area contributed by atoms with E-state index in [1.54, 1.807) is 61.5 Å². The number of sulfonamides is 1. The van der Waals surface area contributed by atoms with E-state index in [4.69, 9.17) is 4.74 Å². The molecule has 0 saturated heterocycles. The van der Waals surface area contributed by atoms with Crippen molar-refractivity contribution in [2.24, 2.45) is 0 Å². The molecular weight excluding hydrogens is 424 g/mol. The van der Waals surface area contributed by atoms with Gasteiger partial charge in [0.15, 0.2) is 0 Å². The lowest BCUT2D eigenvalue weighted by Gasteiger charge is -2.23. The summed E-state index contributed by atoms with van der Waals surface area (Å²) in [6.45, 7) is 6.10. The van der Waals surface area contributed by atoms with Crippen LogP contribution in [0.3, 0.4) is 0 Å². The lowest BCUT2D eigenvalue weighted by molar-refractivity contribution is 0.102. The Bertz CT molecular complexity index is 1150. The first kappa shape index (κ1) is 23.3. The summed E-state index contributed by atoms with van der Waals surface area (Å²) in [5, 5.41) is 2.80. The molecule has 0 aliphatic heterocycles. The van der Waals surface area contributed by atoms with E-state index in [1.165, 1.54) is 16.4 Å². The Morgan fingerprint density at radius 3 is 2.28 bits per heavy atom. The Kier molecular flexibility index (Phi) is 7.53. The lowest BCUT2D eigenvalue weighted by Crippen LogP contribution is -2.30. The Morgan fingerprint density at radius 1 is 0.969 bits per heavy atom. The number of para-hydroxylation sites is 1. The fourth-order valence-corrected chi connectivity index (χ4v) is 4.63. The van der Waals surface area contributed by atoms with Crippen molar-refractivity contribution in [1.82, 2.24) is 0 Å². The molecule has 0 fully saturated rings. The third-order valence-electron chi connectivity index (χ3n) is 5.04. The van der Waals surface area contributed by atoms with Gasteiger partial charge in [0.2, 0.25) is 0 Å². The van der Waals surface area contributed by atoms with Gasteiger partial charge in [-0.15, -0.1) is 0 Å². The molecule has 1 unspecified atom stereocenters. The molecule has 0 aliphatic carbocycles. The van der Waals surface area contributed by atoms with Gasteiger partial charge in [0.1, 0.15) is 5.75 Å². The number of nitrogens with zero attached hydrogens (tertiary/aromatic N) is 1. The van der Waals surface area contributed by atoms with Crippen molar-refractivity contribution < 1.29 is 17.9 Å². The van der Waals surface area contributed by atoms with Gasteiger partial charge in [-0.25, -0.2) is 8.42 Å². The Morgan fingerprint density at radius 2 is 1.66 bits per heavy atom. The standard InChI is InChI=1S/C25H28N2O4S/c1-4-19(3)31-23-13-9-10-20(18-23)25(28)26-21-14-16-24(17-15-21)32(29,30)27(5-2)22-11-7-6-8-12-22/h6-19H,4-5H2,1-3H3,(H,26,28). The normalized spacial score (nSPS) is 12.1. The first-order valence-electron chi connectivity index (χ1n) is 10.6. The van der Waals surface area contributed by atoms with Crippen LogP contribution < -0.4 is 14.4 Å². The molecule has 1 amide bonds. The lowest BCUT2D eigenvalue weighted by atomic mass is 10.2. The second kappa shape index (κ2) is 10.3. The fourth-order valence-electron chi connectivity index (χ4n) is 3.15. The summed E-state index contributed by atoms with van der Waals surface area (Å²) in [7, 11) is -3.72. The Hall–Kier alpha value is -3.32. The van der Waals surface area contributed by atoms with Crippen LogP contribution >= 0.6 is 0 Å². The van der Waals surface area contributed by atoms with E-state index < -0.39 is 10.0 Å². The number of hydrogen-bond acceptors (Lipinski definition) is 4. The van der Waals surface area contributed by atoms with Crippen molar-refractivity contribution in [3.8, 4) is 5.75 Å². The molecule has 1 N–H and O–H groups in total. The summed E-state index contributed by atoms with van der Waals surface area (Å²) < 4.78 is 33.3. The smallest absolute Gasteiger partial charge is 0.264 e. The molecular formula is C25H28N2O4S. The molecule has 0 saturated carbocycles. The minimum absolute atomic E-state index is 0.0568. The molecule has 3 rings (SSSR count). The molecule has 32 heavy (non-hydrogen) atoms. The number of carbonyl (C=O) groups excluding carboxylic acids is 1. The molecule has 0 heterocycles. The largest absolute Gasteiger partial charge is 0.491 e. The van der Waals surface area contributed by atoms with Crippen LogP contribution in [0.4, 0.5) is 11.4 Å². The topological polar surface area (TPSA) is 75.7 Å². The molecule has 3 aromatic carbocycles. The zero-order chi connectivity index (χ0) is 23.1. The average molecular weight is 453 g/mol. The van der Waals surface area contributed by atoms with E-state index >= 15 is 0 Å². The van der Waals surface area contributed by atoms with E-state index in [1.807, 2.05) is 26.0 Å². The SMILES string of the molecule is CCC(C)Oc1cccc(C(=O)Nc2ccc(S(=O)(=O)N(CC)c3ccccc3)cc2)c1. The van der Waals surface area contributed by atoms with Crippen molar-refractivity contribution in [3.63, 3.8) is 0 Å². The summed E-state index contributed by atoms with van der Waals surface area (Å²) in [5.41, 5.74) is 1.57. The number of nitrogens with one attached hydrogen (secondary N) is 1. The molecule has 3 aromatic rings. The van der Waals surface area contributed by atoms with Gasteiger partial charge in [-0.3, -0.25) is 9.10 Å². The fraction of sp³-hybridized carbons (Fsp3) is 0.240. The zero-order valence-electron chi connectivity index (χ0n) is 18.5. The number of anilines is 2. The van der Waals surface area contributed by atoms with E-state index in [-0.39, 0.29) is 16.9 Å². The molecule has 0 spiro atoms. The molecule has 7 heteroatoms. The van der Waals surface area contributed by atoms with Gasteiger partial charge in [-0.05, 0) is 74.9 Å². The summed E-state index contributed by atoms with van der Waals surface area (Å²) in [6, 6.07) is 22.1. The minimum atomic E-state index is -3.72. The predicted molar refractivity (Wildman–Crippen MR) is 128 cm³/mol. The predicted octanol–water partition coefficient (Wildman–Crippen LogP) is 5.33. The average Bonchev–Trinajstić information content (AvgIpc) is 2.80. The molecule has 0 bridgehead atoms. The van der Waals surface area contributed by atoms with E-state index in [2.05, 4.69) is 5.32 Å². The van der Waals surface area contributed by atoms with Crippen molar-refractivity contribution in [2.75, 3.05) is 16.2 Å². The number of hydrogen-bond donors (Lipinski definition) is 1. The van der Waals surface area contributed by atoms with E-state index in [0.29, 0.717) is 29.2 Å². The molecule has 6 nitrogen and oxygen atoms in total. The summed E-state index contributed by atoms with van der Waals surface area (Å²) in [4.78, 5) is 12.8. The maximum atomic E-state index is 13.1. The van der Waals surface area contributed by atoms with Crippen molar-refractivity contribution in [2.45, 2.75) is 38.2 Å². The van der Waals surface area contributed by atoms with Crippen LogP contribution in [-0.4, -0.2) is 27.0 Å². The molecule has 1 atom stereocenters. The highest BCUT2D eigenvalue weighted by Crippen LogP contribution is 2.24. The third kappa shape index (κ3) is 5.48. The summed E-state index contributed by atoms with van der Waals surface area (Å²) in [5.74, 6) is 0.337. The van der Waals surface area contributed by atoms with E-state index in [9.17, 15) is 13.2 Å². The zero-order valence-corrected chi connectivity index (χ0v) is 19.3. The van der Waals surface area contributed by atoms with Crippen molar-refractivity contribution >= 4 is 27.3 Å². The third-order valence-corrected chi connectivity index (χ3v) is 6.96. The van der Waals surface area contributed by atoms with Crippen LogP contribution in [0.15, 0.2) is 83.8 Å². The molecule has 0 radical (unpaired) electrons.